The first-order valence-corrected chi connectivity index (χ1v) is 7.38. The number of benzene rings is 2. The molecule has 0 radical (unpaired) electrons. The van der Waals surface area contributed by atoms with Gasteiger partial charge in [0.15, 0.2) is 0 Å². The molecule has 0 aromatic heterocycles. The van der Waals surface area contributed by atoms with Crippen molar-refractivity contribution >= 4 is 36.2 Å². The molecule has 0 saturated heterocycles. The molecule has 1 amide bonds. The zero-order valence-electron chi connectivity index (χ0n) is 11.6. The number of hydrogen-bond acceptors (Lipinski definition) is 3. The van der Waals surface area contributed by atoms with Gasteiger partial charge in [0.25, 0.3) is 5.91 Å². The fourth-order valence-corrected chi connectivity index (χ4v) is 2.42. The van der Waals surface area contributed by atoms with E-state index in [0.717, 1.165) is 11.1 Å². The number of carbonyl (C=O) groups is 1. The van der Waals surface area contributed by atoms with E-state index < -0.39 is 7.12 Å². The fourth-order valence-electron chi connectivity index (χ4n) is 1.95. The van der Waals surface area contributed by atoms with Gasteiger partial charge in [0.2, 0.25) is 0 Å². The maximum absolute atomic E-state index is 12.1. The summed E-state index contributed by atoms with van der Waals surface area (Å²) in [6.07, 6.45) is 0.127. The minimum absolute atomic E-state index is 0.127. The molecule has 0 fully saturated rings. The van der Waals surface area contributed by atoms with Crippen molar-refractivity contribution < 1.29 is 14.8 Å². The van der Waals surface area contributed by atoms with Crippen molar-refractivity contribution in [3.8, 4) is 0 Å². The normalized spacial score (nSPS) is 10.4. The Morgan fingerprint density at radius 3 is 2.36 bits per heavy atom. The predicted molar refractivity (Wildman–Crippen MR) is 88.0 cm³/mol. The van der Waals surface area contributed by atoms with Gasteiger partial charge in [-0.05, 0) is 35.4 Å². The van der Waals surface area contributed by atoms with Gasteiger partial charge in [0, 0.05) is 28.5 Å². The first-order chi connectivity index (χ1) is 10.5. The summed E-state index contributed by atoms with van der Waals surface area (Å²) in [6.45, 7) is 0.298. The van der Waals surface area contributed by atoms with E-state index in [2.05, 4.69) is 5.32 Å². The molecular weight excluding hydrogens is 324 g/mol. The van der Waals surface area contributed by atoms with Gasteiger partial charge in [-0.3, -0.25) is 4.79 Å². The van der Waals surface area contributed by atoms with E-state index in [0.29, 0.717) is 22.2 Å². The Morgan fingerprint density at radius 1 is 1.09 bits per heavy atom. The van der Waals surface area contributed by atoms with Gasteiger partial charge in [-0.2, -0.15) is 0 Å². The summed E-state index contributed by atoms with van der Waals surface area (Å²) in [7, 11) is -1.40. The number of rotatable bonds is 5. The highest BCUT2D eigenvalue weighted by Crippen LogP contribution is 2.20. The molecule has 0 aliphatic carbocycles. The van der Waals surface area contributed by atoms with Gasteiger partial charge in [-0.15, -0.1) is 0 Å². The Kier molecular flexibility index (Phi) is 5.86. The van der Waals surface area contributed by atoms with Crippen molar-refractivity contribution in [2.45, 2.75) is 12.9 Å². The summed E-state index contributed by atoms with van der Waals surface area (Å²) in [5.41, 5.74) is 2.01. The van der Waals surface area contributed by atoms with E-state index >= 15 is 0 Å². The molecule has 0 bridgehead atoms. The van der Waals surface area contributed by atoms with Gasteiger partial charge < -0.3 is 15.4 Å². The van der Waals surface area contributed by atoms with Crippen LogP contribution in [0.5, 0.6) is 0 Å². The molecule has 22 heavy (non-hydrogen) atoms. The van der Waals surface area contributed by atoms with Crippen LogP contribution in [0.4, 0.5) is 0 Å². The number of amides is 1. The van der Waals surface area contributed by atoms with Crippen LogP contribution in [0, 0.1) is 0 Å². The van der Waals surface area contributed by atoms with Crippen molar-refractivity contribution in [2.24, 2.45) is 0 Å². The van der Waals surface area contributed by atoms with Crippen LogP contribution < -0.4 is 5.32 Å². The Morgan fingerprint density at radius 2 is 1.77 bits per heavy atom. The maximum atomic E-state index is 12.1. The van der Waals surface area contributed by atoms with Gasteiger partial charge >= 0.3 is 7.12 Å². The number of nitrogens with one attached hydrogen (secondary N) is 1. The Bertz CT molecular complexity index is 662. The van der Waals surface area contributed by atoms with Crippen molar-refractivity contribution in [2.75, 3.05) is 0 Å². The molecule has 4 nitrogen and oxygen atoms in total. The largest absolute Gasteiger partial charge is 0.456 e. The van der Waals surface area contributed by atoms with Crippen molar-refractivity contribution in [1.82, 2.24) is 5.32 Å². The molecule has 0 aliphatic heterocycles. The summed E-state index contributed by atoms with van der Waals surface area (Å²) in [6, 6.07) is 11.7. The van der Waals surface area contributed by atoms with Gasteiger partial charge in [-0.1, -0.05) is 41.4 Å². The van der Waals surface area contributed by atoms with Crippen molar-refractivity contribution in [3.05, 3.63) is 69.2 Å². The monoisotopic (exact) mass is 337 g/mol. The second-order valence-electron chi connectivity index (χ2n) is 4.80. The molecule has 0 atom stereocenters. The first kappa shape index (κ1) is 16.8. The van der Waals surface area contributed by atoms with E-state index in [-0.39, 0.29) is 12.2 Å². The molecule has 2 aromatic rings. The van der Waals surface area contributed by atoms with E-state index in [1.54, 1.807) is 42.5 Å². The van der Waals surface area contributed by atoms with Crippen LogP contribution in [0.25, 0.3) is 0 Å². The second kappa shape index (κ2) is 7.65. The fraction of sp³-hybridized carbons (Fsp3) is 0.133. The van der Waals surface area contributed by atoms with Gasteiger partial charge in [0.1, 0.15) is 0 Å². The lowest BCUT2D eigenvalue weighted by molar-refractivity contribution is 0.0951. The summed E-state index contributed by atoms with van der Waals surface area (Å²) >= 11 is 11.9. The quantitative estimate of drug-likeness (QED) is 0.734. The highest BCUT2D eigenvalue weighted by Gasteiger charge is 2.10. The third kappa shape index (κ3) is 4.75. The Balaban J connectivity index is 1.97. The molecule has 0 unspecified atom stereocenters. The lowest BCUT2D eigenvalue weighted by atomic mass is 9.82. The van der Waals surface area contributed by atoms with E-state index in [9.17, 15) is 4.79 Å². The number of hydrogen-bond donors (Lipinski definition) is 3. The molecule has 114 valence electrons. The van der Waals surface area contributed by atoms with Gasteiger partial charge in [0.05, 0.1) is 0 Å². The van der Waals surface area contributed by atoms with Crippen LogP contribution in [-0.2, 0) is 12.9 Å². The molecule has 0 aliphatic rings. The first-order valence-electron chi connectivity index (χ1n) is 6.63. The van der Waals surface area contributed by atoms with E-state index in [1.165, 1.54) is 0 Å². The van der Waals surface area contributed by atoms with Crippen LogP contribution in [0.1, 0.15) is 21.5 Å². The van der Waals surface area contributed by atoms with E-state index in [1.807, 2.05) is 0 Å². The minimum atomic E-state index is -1.40. The molecule has 7 heteroatoms. The molecule has 0 saturated carbocycles. The topological polar surface area (TPSA) is 69.6 Å². The second-order valence-corrected chi connectivity index (χ2v) is 5.64. The van der Waals surface area contributed by atoms with Crippen LogP contribution in [0.15, 0.2) is 42.5 Å². The SMILES string of the molecule is O=C(NCc1ccc(Cl)cc1Cl)c1ccc(CB(O)O)cc1. The third-order valence-electron chi connectivity index (χ3n) is 3.09. The summed E-state index contributed by atoms with van der Waals surface area (Å²) in [5, 5.41) is 21.6. The average Bonchev–Trinajstić information content (AvgIpc) is 2.46. The van der Waals surface area contributed by atoms with Crippen molar-refractivity contribution in [3.63, 3.8) is 0 Å². The summed E-state index contributed by atoms with van der Waals surface area (Å²) in [5.74, 6) is -0.234. The van der Waals surface area contributed by atoms with E-state index in [4.69, 9.17) is 33.2 Å². The third-order valence-corrected chi connectivity index (χ3v) is 3.68. The Hall–Kier alpha value is -1.53. The minimum Gasteiger partial charge on any atom is -0.427 e. The predicted octanol–water partition coefficient (Wildman–Crippen LogP) is 2.48. The standard InChI is InChI=1S/C15H14BCl2NO3/c17-13-6-5-12(14(18)7-13)9-19-15(20)11-3-1-10(2-4-11)8-16(21)22/h1-7,21-22H,8-9H2,(H,19,20). The summed E-state index contributed by atoms with van der Waals surface area (Å²) in [4.78, 5) is 12.1. The molecule has 3 N–H and O–H groups in total. The average molecular weight is 338 g/mol. The van der Waals surface area contributed by atoms with Crippen LogP contribution in [0.2, 0.25) is 10.0 Å². The van der Waals surface area contributed by atoms with Crippen LogP contribution in [0.3, 0.4) is 0 Å². The lowest BCUT2D eigenvalue weighted by Gasteiger charge is -2.08. The van der Waals surface area contributed by atoms with Gasteiger partial charge in [-0.25, -0.2) is 0 Å². The van der Waals surface area contributed by atoms with Crippen LogP contribution >= 0.6 is 23.2 Å². The zero-order chi connectivity index (χ0) is 16.1. The summed E-state index contributed by atoms with van der Waals surface area (Å²) < 4.78 is 0. The molecule has 0 spiro atoms. The smallest absolute Gasteiger partial charge is 0.427 e. The zero-order valence-corrected chi connectivity index (χ0v) is 13.1. The van der Waals surface area contributed by atoms with Crippen LogP contribution in [-0.4, -0.2) is 23.1 Å². The molecule has 0 heterocycles. The molecular formula is C15H14BCl2NO3. The molecule has 2 aromatic carbocycles. The molecule has 2 rings (SSSR count). The number of halogens is 2. The maximum Gasteiger partial charge on any atom is 0.456 e. The lowest BCUT2D eigenvalue weighted by Crippen LogP contribution is -2.23. The van der Waals surface area contributed by atoms with Crippen molar-refractivity contribution in [1.29, 1.82) is 0 Å². The highest BCUT2D eigenvalue weighted by molar-refractivity contribution is 6.40. The Labute approximate surface area is 138 Å². The highest BCUT2D eigenvalue weighted by atomic mass is 35.5. The number of carbonyl (C=O) groups excluding carboxylic acids is 1.